The normalized spacial score (nSPS) is 34.5. The summed E-state index contributed by atoms with van der Waals surface area (Å²) in [5.74, 6) is -1.76. The minimum atomic E-state index is -1.77. The third-order valence-corrected chi connectivity index (χ3v) is 7.68. The van der Waals surface area contributed by atoms with Crippen molar-refractivity contribution in [3.63, 3.8) is 0 Å². The number of fused-ring (bicyclic) bond motifs is 2. The van der Waals surface area contributed by atoms with Gasteiger partial charge in [-0.1, -0.05) is 0 Å². The molecule has 10 atom stereocenters. The first-order chi connectivity index (χ1) is 19.9. The van der Waals surface area contributed by atoms with Crippen LogP contribution in [0.3, 0.4) is 0 Å². The summed E-state index contributed by atoms with van der Waals surface area (Å²) in [5, 5.41) is 72.1. The van der Waals surface area contributed by atoms with Gasteiger partial charge in [-0.25, -0.2) is 0 Å². The Kier molecular flexibility index (Phi) is 8.28. The highest BCUT2D eigenvalue weighted by Gasteiger charge is 2.51. The lowest BCUT2D eigenvalue weighted by molar-refractivity contribution is -0.354. The largest absolute Gasteiger partial charge is 0.507 e. The summed E-state index contributed by atoms with van der Waals surface area (Å²) in [6.45, 7) is 2.35. The molecule has 2 fully saturated rings. The van der Waals surface area contributed by atoms with Crippen LogP contribution >= 0.6 is 0 Å². The number of rotatable bonds is 6. The van der Waals surface area contributed by atoms with E-state index in [0.29, 0.717) is 5.56 Å². The Bertz CT molecular complexity index is 1380. The molecule has 2 saturated heterocycles. The zero-order valence-corrected chi connectivity index (χ0v) is 22.8. The minimum Gasteiger partial charge on any atom is -0.507 e. The highest BCUT2D eigenvalue weighted by Crippen LogP contribution is 2.41. The monoisotopic (exact) mass is 592 g/mol. The quantitative estimate of drug-likeness (QED) is 0.173. The molecule has 14 nitrogen and oxygen atoms in total. The molecular weight excluding hydrogens is 560 g/mol. The van der Waals surface area contributed by atoms with E-state index in [-0.39, 0.29) is 39.5 Å². The molecule has 2 aromatic carbocycles. The van der Waals surface area contributed by atoms with Crippen LogP contribution in [0.25, 0.3) is 0 Å². The Balaban J connectivity index is 1.50. The van der Waals surface area contributed by atoms with Gasteiger partial charge in [0.05, 0.1) is 30.9 Å². The second-order valence-electron chi connectivity index (χ2n) is 10.5. The molecule has 0 spiro atoms. The molecule has 2 aromatic rings. The second kappa shape index (κ2) is 11.5. The number of aromatic hydroxyl groups is 1. The van der Waals surface area contributed by atoms with Crippen LogP contribution in [-0.4, -0.2) is 122 Å². The van der Waals surface area contributed by atoms with E-state index >= 15 is 0 Å². The predicted molar refractivity (Wildman–Crippen MR) is 138 cm³/mol. The Morgan fingerprint density at radius 3 is 2.17 bits per heavy atom. The Hall–Kier alpha value is -3.18. The molecule has 0 aromatic heterocycles. The number of aliphatic hydroxyl groups is 6. The number of ether oxygens (including phenoxy) is 5. The average molecular weight is 593 g/mol. The molecule has 228 valence electrons. The van der Waals surface area contributed by atoms with E-state index in [9.17, 15) is 45.3 Å². The highest BCUT2D eigenvalue weighted by molar-refractivity contribution is 6.30. The lowest BCUT2D eigenvalue weighted by atomic mass is 9.82. The van der Waals surface area contributed by atoms with E-state index in [1.165, 1.54) is 38.3 Å². The van der Waals surface area contributed by atoms with Gasteiger partial charge >= 0.3 is 0 Å². The van der Waals surface area contributed by atoms with Crippen molar-refractivity contribution in [1.29, 1.82) is 0 Å². The van der Waals surface area contributed by atoms with E-state index < -0.39 is 79.6 Å². The van der Waals surface area contributed by atoms with Crippen LogP contribution in [0.4, 0.5) is 0 Å². The van der Waals surface area contributed by atoms with Crippen molar-refractivity contribution in [3.8, 4) is 17.2 Å². The number of methoxy groups -OCH3 is 1. The lowest BCUT2D eigenvalue weighted by Crippen LogP contribution is -2.64. The number of phenols is 1. The fourth-order valence-electron chi connectivity index (χ4n) is 5.40. The smallest absolute Gasteiger partial charge is 0.229 e. The van der Waals surface area contributed by atoms with Crippen LogP contribution in [0.5, 0.6) is 17.2 Å². The summed E-state index contributed by atoms with van der Waals surface area (Å²) in [6, 6.07) is 5.34. The van der Waals surface area contributed by atoms with Crippen LogP contribution in [0.15, 0.2) is 24.3 Å². The zero-order chi connectivity index (χ0) is 30.6. The van der Waals surface area contributed by atoms with Crippen LogP contribution in [0.2, 0.25) is 0 Å². The second-order valence-corrected chi connectivity index (χ2v) is 10.5. The van der Waals surface area contributed by atoms with Gasteiger partial charge in [-0.2, -0.15) is 0 Å². The number of phenolic OH excluding ortho intramolecular Hbond substituents is 1. The summed E-state index contributed by atoms with van der Waals surface area (Å²) in [7, 11) is 1.26. The zero-order valence-electron chi connectivity index (χ0n) is 22.8. The van der Waals surface area contributed by atoms with Crippen molar-refractivity contribution in [2.24, 2.45) is 0 Å². The Morgan fingerprint density at radius 2 is 1.50 bits per heavy atom. The van der Waals surface area contributed by atoms with Gasteiger partial charge in [-0.15, -0.1) is 0 Å². The average Bonchev–Trinajstić information content (AvgIpc) is 2.95. The molecule has 7 N–H and O–H groups in total. The standard InChI is InChI=1S/C28H32O14/c1-9-4-12-17(14(30)5-9)22(34)18-13(20(12)32)6-11(7-15(18)38-3)40-28-26(24(36)21(33)16(8-29)41-28)42-27-25(37)23(35)19(31)10(2)39-27/h4-7,10,16,19,21,23-31,33,35-37H,8H2,1-3H3/t10-,16+,19-,21+,23+,24-,25+,26+,27-,28+/m0/s1. The summed E-state index contributed by atoms with van der Waals surface area (Å²) in [4.78, 5) is 26.9. The van der Waals surface area contributed by atoms with Gasteiger partial charge in [0.2, 0.25) is 12.1 Å². The maximum atomic E-state index is 13.5. The number of hydrogen-bond donors (Lipinski definition) is 7. The fraction of sp³-hybridized carbons (Fsp3) is 0.500. The molecule has 5 rings (SSSR count). The molecule has 42 heavy (non-hydrogen) atoms. The van der Waals surface area contributed by atoms with E-state index in [0.717, 1.165) is 0 Å². The minimum absolute atomic E-state index is 0.0171. The van der Waals surface area contributed by atoms with Crippen molar-refractivity contribution in [3.05, 3.63) is 52.1 Å². The maximum absolute atomic E-state index is 13.5. The number of ketones is 2. The van der Waals surface area contributed by atoms with Crippen LogP contribution in [0.1, 0.15) is 44.3 Å². The Morgan fingerprint density at radius 1 is 0.810 bits per heavy atom. The number of aryl methyl sites for hydroxylation is 1. The molecule has 0 radical (unpaired) electrons. The first kappa shape index (κ1) is 30.3. The Labute approximate surface area is 239 Å². The van der Waals surface area contributed by atoms with E-state index in [1.54, 1.807) is 6.92 Å². The molecule has 14 heteroatoms. The van der Waals surface area contributed by atoms with Crippen LogP contribution in [-0.2, 0) is 14.2 Å². The summed E-state index contributed by atoms with van der Waals surface area (Å²) in [6.07, 6.45) is -15.4. The predicted octanol–water partition coefficient (Wildman–Crippen LogP) is -1.48. The summed E-state index contributed by atoms with van der Waals surface area (Å²) >= 11 is 0. The van der Waals surface area contributed by atoms with Crippen molar-refractivity contribution < 1.29 is 69.0 Å². The molecule has 0 unspecified atom stereocenters. The number of hydrogen-bond acceptors (Lipinski definition) is 14. The first-order valence-corrected chi connectivity index (χ1v) is 13.2. The molecule has 0 saturated carbocycles. The summed E-state index contributed by atoms with van der Waals surface area (Å²) in [5.41, 5.74) is 0.160. The molecule has 3 aliphatic rings. The molecule has 2 aliphatic heterocycles. The van der Waals surface area contributed by atoms with Gasteiger partial charge in [0.1, 0.15) is 53.9 Å². The van der Waals surface area contributed by atoms with Crippen molar-refractivity contribution in [1.82, 2.24) is 0 Å². The molecule has 0 amide bonds. The van der Waals surface area contributed by atoms with E-state index in [1.807, 2.05) is 0 Å². The lowest BCUT2D eigenvalue weighted by Gasteiger charge is -2.45. The maximum Gasteiger partial charge on any atom is 0.229 e. The SMILES string of the molecule is COc1cc(O[C@@H]2O[C@H](CO)[C@@H](O)[C@H](O)[C@H]2O[C@@H]2O[C@@H](C)[C@H](O)[C@@H](O)[C@H]2O)cc2c1C(=O)c1c(O)cc(C)cc1C2=O. The third kappa shape index (κ3) is 5.04. The van der Waals surface area contributed by atoms with Crippen molar-refractivity contribution >= 4 is 11.6 Å². The van der Waals surface area contributed by atoms with Gasteiger partial charge < -0.3 is 59.4 Å². The number of carbonyl (C=O) groups excluding carboxylic acids is 2. The fourth-order valence-corrected chi connectivity index (χ4v) is 5.40. The van der Waals surface area contributed by atoms with E-state index in [2.05, 4.69) is 0 Å². The van der Waals surface area contributed by atoms with Crippen molar-refractivity contribution in [2.45, 2.75) is 75.3 Å². The van der Waals surface area contributed by atoms with Gasteiger partial charge in [-0.3, -0.25) is 9.59 Å². The van der Waals surface area contributed by atoms with Crippen LogP contribution in [0, 0.1) is 6.92 Å². The molecule has 1 aliphatic carbocycles. The number of benzene rings is 2. The van der Waals surface area contributed by atoms with Crippen LogP contribution < -0.4 is 9.47 Å². The number of carbonyl (C=O) groups is 2. The van der Waals surface area contributed by atoms with E-state index in [4.69, 9.17) is 23.7 Å². The van der Waals surface area contributed by atoms with Gasteiger partial charge in [-0.05, 0) is 37.6 Å². The molecule has 0 bridgehead atoms. The van der Waals surface area contributed by atoms with Crippen molar-refractivity contribution in [2.75, 3.05) is 13.7 Å². The number of aliphatic hydroxyl groups excluding tert-OH is 6. The molecule has 2 heterocycles. The van der Waals surface area contributed by atoms with Gasteiger partial charge in [0.25, 0.3) is 0 Å². The van der Waals surface area contributed by atoms with Gasteiger partial charge in [0.15, 0.2) is 18.2 Å². The topological polar surface area (TPSA) is 222 Å². The molecular formula is C28H32O14. The summed E-state index contributed by atoms with van der Waals surface area (Å²) < 4.78 is 28.1. The highest BCUT2D eigenvalue weighted by atomic mass is 16.8. The third-order valence-electron chi connectivity index (χ3n) is 7.68. The van der Waals surface area contributed by atoms with Gasteiger partial charge in [0, 0.05) is 17.2 Å². The first-order valence-electron chi connectivity index (χ1n) is 13.2.